The lowest BCUT2D eigenvalue weighted by Gasteiger charge is -2.15. The number of hydrogen-bond donors (Lipinski definition) is 2. The third-order valence-electron chi connectivity index (χ3n) is 5.65. The molecule has 0 spiro atoms. The quantitative estimate of drug-likeness (QED) is 0.277. The van der Waals surface area contributed by atoms with E-state index in [2.05, 4.69) is 10.6 Å². The Hall–Kier alpha value is -4.58. The Morgan fingerprint density at radius 3 is 1.33 bits per heavy atom. The topological polar surface area (TPSA) is 76.7 Å². The van der Waals surface area contributed by atoms with Gasteiger partial charge < -0.3 is 20.1 Å². The molecule has 4 rings (SSSR count). The second kappa shape index (κ2) is 11.7. The Labute approximate surface area is 210 Å². The number of nitrogens with one attached hydrogen (secondary N) is 2. The minimum Gasteiger partial charge on any atom is -0.488 e. The molecule has 0 unspecified atom stereocenters. The number of carbonyl (C=O) groups excluding carboxylic acids is 2. The van der Waals surface area contributed by atoms with E-state index in [9.17, 15) is 9.59 Å². The average molecular weight is 481 g/mol. The molecule has 6 heteroatoms. The lowest BCUT2D eigenvalue weighted by Crippen LogP contribution is -2.16. The molecular weight excluding hydrogens is 452 g/mol. The van der Waals surface area contributed by atoms with Gasteiger partial charge in [0.1, 0.15) is 24.7 Å². The van der Waals surface area contributed by atoms with Crippen LogP contribution in [0.15, 0.2) is 97.1 Å². The molecule has 0 saturated carbocycles. The summed E-state index contributed by atoms with van der Waals surface area (Å²) < 4.78 is 11.8. The standard InChI is InChI=1S/C30H28N2O4/c1-21-11-3-5-13-23(21)29(33)31-25-15-7-9-17-27(25)35-19-20-36-28-18-10-8-16-26(28)32-30(34)24-14-6-4-12-22(24)2/h3-18H,19-20H2,1-2H3,(H,31,33)(H,32,34). The number of amides is 2. The molecule has 4 aromatic rings. The van der Waals surface area contributed by atoms with Crippen LogP contribution in [-0.4, -0.2) is 25.0 Å². The number of ether oxygens (including phenoxy) is 2. The maximum Gasteiger partial charge on any atom is 0.256 e. The minimum absolute atomic E-state index is 0.196. The highest BCUT2D eigenvalue weighted by Gasteiger charge is 2.13. The van der Waals surface area contributed by atoms with Gasteiger partial charge in [-0.05, 0) is 61.4 Å². The fourth-order valence-corrected chi connectivity index (χ4v) is 3.73. The fraction of sp³-hybridized carbons (Fsp3) is 0.133. The van der Waals surface area contributed by atoms with Crippen LogP contribution in [0.25, 0.3) is 0 Å². The van der Waals surface area contributed by atoms with Gasteiger partial charge >= 0.3 is 0 Å². The van der Waals surface area contributed by atoms with Crippen molar-refractivity contribution in [1.82, 2.24) is 0 Å². The Balaban J connectivity index is 1.35. The second-order valence-electron chi connectivity index (χ2n) is 8.23. The van der Waals surface area contributed by atoms with E-state index in [0.29, 0.717) is 34.0 Å². The Kier molecular flexibility index (Phi) is 7.98. The predicted octanol–water partition coefficient (Wildman–Crippen LogP) is 6.27. The highest BCUT2D eigenvalue weighted by Crippen LogP contribution is 2.27. The first-order chi connectivity index (χ1) is 17.5. The minimum atomic E-state index is -0.196. The van der Waals surface area contributed by atoms with Crippen molar-refractivity contribution in [2.45, 2.75) is 13.8 Å². The van der Waals surface area contributed by atoms with Crippen LogP contribution >= 0.6 is 0 Å². The molecule has 2 amide bonds. The molecule has 4 aromatic carbocycles. The van der Waals surface area contributed by atoms with Crippen molar-refractivity contribution >= 4 is 23.2 Å². The smallest absolute Gasteiger partial charge is 0.256 e. The molecule has 0 heterocycles. The molecule has 0 aliphatic rings. The normalized spacial score (nSPS) is 10.4. The lowest BCUT2D eigenvalue weighted by atomic mass is 10.1. The first-order valence-electron chi connectivity index (χ1n) is 11.7. The molecule has 0 atom stereocenters. The molecular formula is C30H28N2O4. The molecule has 0 aliphatic carbocycles. The number of hydrogen-bond acceptors (Lipinski definition) is 4. The summed E-state index contributed by atoms with van der Waals surface area (Å²) in [6.07, 6.45) is 0. The summed E-state index contributed by atoms with van der Waals surface area (Å²) in [5.74, 6) is 0.700. The van der Waals surface area contributed by atoms with E-state index in [4.69, 9.17) is 9.47 Å². The summed E-state index contributed by atoms with van der Waals surface area (Å²) in [6.45, 7) is 4.29. The van der Waals surface area contributed by atoms with Gasteiger partial charge in [0.25, 0.3) is 11.8 Å². The predicted molar refractivity (Wildman–Crippen MR) is 142 cm³/mol. The van der Waals surface area contributed by atoms with Crippen LogP contribution in [0.3, 0.4) is 0 Å². The van der Waals surface area contributed by atoms with E-state index >= 15 is 0 Å². The van der Waals surface area contributed by atoms with E-state index in [1.165, 1.54) is 0 Å². The fourth-order valence-electron chi connectivity index (χ4n) is 3.73. The van der Waals surface area contributed by atoms with Gasteiger partial charge in [-0.2, -0.15) is 0 Å². The summed E-state index contributed by atoms with van der Waals surface area (Å²) >= 11 is 0. The third kappa shape index (κ3) is 6.10. The van der Waals surface area contributed by atoms with Gasteiger partial charge in [0.2, 0.25) is 0 Å². The van der Waals surface area contributed by atoms with Crippen LogP contribution in [0.1, 0.15) is 31.8 Å². The molecule has 6 nitrogen and oxygen atoms in total. The Morgan fingerprint density at radius 1 is 0.556 bits per heavy atom. The van der Waals surface area contributed by atoms with Gasteiger partial charge in [0, 0.05) is 11.1 Å². The Bertz CT molecular complexity index is 1260. The molecule has 0 aliphatic heterocycles. The molecule has 0 fully saturated rings. The van der Waals surface area contributed by atoms with Crippen molar-refractivity contribution < 1.29 is 19.1 Å². The van der Waals surface area contributed by atoms with Gasteiger partial charge in [-0.3, -0.25) is 9.59 Å². The van der Waals surface area contributed by atoms with Crippen LogP contribution in [0.2, 0.25) is 0 Å². The van der Waals surface area contributed by atoms with E-state index in [1.807, 2.05) is 74.5 Å². The summed E-state index contributed by atoms with van der Waals surface area (Å²) in [7, 11) is 0. The molecule has 0 bridgehead atoms. The number of para-hydroxylation sites is 4. The van der Waals surface area contributed by atoms with Gasteiger partial charge in [0.15, 0.2) is 0 Å². The molecule has 2 N–H and O–H groups in total. The number of benzene rings is 4. The zero-order valence-electron chi connectivity index (χ0n) is 20.3. The van der Waals surface area contributed by atoms with Crippen molar-refractivity contribution in [1.29, 1.82) is 0 Å². The Morgan fingerprint density at radius 2 is 0.917 bits per heavy atom. The number of aryl methyl sites for hydroxylation is 2. The van der Waals surface area contributed by atoms with Crippen molar-refractivity contribution in [3.8, 4) is 11.5 Å². The van der Waals surface area contributed by atoms with Gasteiger partial charge in [-0.15, -0.1) is 0 Å². The molecule has 182 valence electrons. The zero-order chi connectivity index (χ0) is 25.3. The van der Waals surface area contributed by atoms with E-state index in [0.717, 1.165) is 11.1 Å². The SMILES string of the molecule is Cc1ccccc1C(=O)Nc1ccccc1OCCOc1ccccc1NC(=O)c1ccccc1C. The summed E-state index contributed by atoms with van der Waals surface area (Å²) in [5, 5.41) is 5.85. The highest BCUT2D eigenvalue weighted by molar-refractivity contribution is 6.06. The number of anilines is 2. The van der Waals surface area contributed by atoms with Gasteiger partial charge in [-0.25, -0.2) is 0 Å². The summed E-state index contributed by atoms with van der Waals surface area (Å²) in [4.78, 5) is 25.5. The third-order valence-corrected chi connectivity index (χ3v) is 5.65. The van der Waals surface area contributed by atoms with Crippen molar-refractivity contribution in [3.63, 3.8) is 0 Å². The summed E-state index contributed by atoms with van der Waals surface area (Å²) in [5.41, 5.74) is 4.18. The maximum absolute atomic E-state index is 12.7. The second-order valence-corrected chi connectivity index (χ2v) is 8.23. The van der Waals surface area contributed by atoms with Crippen LogP contribution in [0.4, 0.5) is 11.4 Å². The first kappa shape index (κ1) is 24.5. The van der Waals surface area contributed by atoms with E-state index in [-0.39, 0.29) is 25.0 Å². The van der Waals surface area contributed by atoms with Crippen molar-refractivity contribution in [2.24, 2.45) is 0 Å². The van der Waals surface area contributed by atoms with Gasteiger partial charge in [0.05, 0.1) is 11.4 Å². The lowest BCUT2D eigenvalue weighted by molar-refractivity contribution is 0.101. The average Bonchev–Trinajstić information content (AvgIpc) is 2.89. The molecule has 0 saturated heterocycles. The van der Waals surface area contributed by atoms with Gasteiger partial charge in [-0.1, -0.05) is 60.7 Å². The van der Waals surface area contributed by atoms with Crippen LogP contribution in [0, 0.1) is 13.8 Å². The highest BCUT2D eigenvalue weighted by atomic mass is 16.5. The number of carbonyl (C=O) groups is 2. The monoisotopic (exact) mass is 480 g/mol. The summed E-state index contributed by atoms with van der Waals surface area (Å²) in [6, 6.07) is 29.4. The largest absolute Gasteiger partial charge is 0.488 e. The van der Waals surface area contributed by atoms with Crippen LogP contribution in [0.5, 0.6) is 11.5 Å². The molecule has 0 aromatic heterocycles. The number of rotatable bonds is 9. The van der Waals surface area contributed by atoms with E-state index < -0.39 is 0 Å². The van der Waals surface area contributed by atoms with Crippen LogP contribution in [-0.2, 0) is 0 Å². The van der Waals surface area contributed by atoms with Crippen molar-refractivity contribution in [2.75, 3.05) is 23.8 Å². The van der Waals surface area contributed by atoms with E-state index in [1.54, 1.807) is 36.4 Å². The first-order valence-corrected chi connectivity index (χ1v) is 11.7. The molecule has 36 heavy (non-hydrogen) atoms. The zero-order valence-corrected chi connectivity index (χ0v) is 20.3. The van der Waals surface area contributed by atoms with Crippen molar-refractivity contribution in [3.05, 3.63) is 119 Å². The maximum atomic E-state index is 12.7. The van der Waals surface area contributed by atoms with Crippen LogP contribution < -0.4 is 20.1 Å². The molecule has 0 radical (unpaired) electrons.